The van der Waals surface area contributed by atoms with Crippen molar-refractivity contribution in [1.29, 1.82) is 0 Å². The van der Waals surface area contributed by atoms with Crippen LogP contribution in [-0.2, 0) is 19.2 Å². The number of rotatable bonds is 6. The SMILES string of the molecule is C=Cc1ccc(N2C(=O)C3CC=C4C(CC5(Cl)C(=O)N(CBr)C(=O)C5(Cl)C4c4ccc(O)c(OCC)c4)C3C2=O)cc1. The van der Waals surface area contributed by atoms with Gasteiger partial charge in [0.25, 0.3) is 11.8 Å². The first kappa shape index (κ1) is 29.0. The van der Waals surface area contributed by atoms with E-state index in [1.165, 1.54) is 11.0 Å². The largest absolute Gasteiger partial charge is 0.504 e. The molecule has 6 unspecified atom stereocenters. The molecule has 2 aliphatic carbocycles. The Morgan fingerprint density at radius 2 is 1.79 bits per heavy atom. The van der Waals surface area contributed by atoms with Crippen LogP contribution in [0.2, 0.25) is 0 Å². The van der Waals surface area contributed by atoms with E-state index >= 15 is 0 Å². The molecule has 2 heterocycles. The van der Waals surface area contributed by atoms with Crippen LogP contribution in [0.15, 0.2) is 60.7 Å². The van der Waals surface area contributed by atoms with Crippen molar-refractivity contribution in [3.63, 3.8) is 0 Å². The van der Waals surface area contributed by atoms with Gasteiger partial charge in [-0.3, -0.25) is 29.0 Å². The third kappa shape index (κ3) is 3.79. The van der Waals surface area contributed by atoms with Crippen LogP contribution < -0.4 is 9.64 Å². The summed E-state index contributed by atoms with van der Waals surface area (Å²) in [6.45, 7) is 5.79. The van der Waals surface area contributed by atoms with E-state index < -0.39 is 45.2 Å². The van der Waals surface area contributed by atoms with Gasteiger partial charge in [-0.15, -0.1) is 23.2 Å². The number of hydrogen-bond acceptors (Lipinski definition) is 6. The molecule has 2 aliphatic heterocycles. The summed E-state index contributed by atoms with van der Waals surface area (Å²) in [6, 6.07) is 11.6. The fourth-order valence-electron chi connectivity index (χ4n) is 7.12. The molecule has 2 aromatic rings. The summed E-state index contributed by atoms with van der Waals surface area (Å²) in [5, 5.41) is 10.4. The first-order valence-corrected chi connectivity index (χ1v) is 15.5. The normalized spacial score (nSPS) is 32.0. The van der Waals surface area contributed by atoms with E-state index in [2.05, 4.69) is 22.5 Å². The van der Waals surface area contributed by atoms with Gasteiger partial charge in [0.05, 0.1) is 29.6 Å². The molecule has 42 heavy (non-hydrogen) atoms. The van der Waals surface area contributed by atoms with Crippen LogP contribution in [0, 0.1) is 17.8 Å². The molecule has 0 radical (unpaired) electrons. The van der Waals surface area contributed by atoms with Crippen LogP contribution in [-0.4, -0.2) is 55.4 Å². The van der Waals surface area contributed by atoms with Gasteiger partial charge in [-0.05, 0) is 61.1 Å². The number of nitrogens with zero attached hydrogens (tertiary/aromatic N) is 2. The van der Waals surface area contributed by atoms with E-state index in [0.29, 0.717) is 16.8 Å². The van der Waals surface area contributed by atoms with Crippen molar-refractivity contribution in [2.75, 3.05) is 17.0 Å². The molecule has 6 rings (SSSR count). The van der Waals surface area contributed by atoms with E-state index in [1.54, 1.807) is 49.4 Å². The van der Waals surface area contributed by atoms with Crippen LogP contribution in [0.1, 0.15) is 36.8 Å². The molecule has 0 spiro atoms. The number of likely N-dealkylation sites (tertiary alicyclic amines) is 1. The summed E-state index contributed by atoms with van der Waals surface area (Å²) in [4.78, 5) is 53.8. The standard InChI is InChI=1S/C31H27BrCl2N2O6/c1-3-16-5-8-18(9-6-16)36-26(38)20-11-10-19-21(24(20)27(36)39)14-30(33)28(40)35(15-32)29(41)31(30,34)25(19)17-7-12-22(37)23(13-17)42-4-2/h3,5-10,12-13,20-21,24-25,37H,1,4,11,14-15H2,2H3. The summed E-state index contributed by atoms with van der Waals surface area (Å²) in [5.41, 5.74) is 2.35. The van der Waals surface area contributed by atoms with Gasteiger partial charge in [-0.1, -0.05) is 58.4 Å². The lowest BCUT2D eigenvalue weighted by Gasteiger charge is -2.50. The highest BCUT2D eigenvalue weighted by molar-refractivity contribution is 9.09. The zero-order chi connectivity index (χ0) is 30.1. The summed E-state index contributed by atoms with van der Waals surface area (Å²) in [6.07, 6.45) is 3.69. The Morgan fingerprint density at radius 3 is 2.43 bits per heavy atom. The number of hydrogen-bond donors (Lipinski definition) is 1. The Kier molecular flexibility index (Phi) is 7.06. The number of carbonyl (C=O) groups excluding carboxylic acids is 4. The van der Waals surface area contributed by atoms with E-state index in [1.807, 2.05) is 6.08 Å². The second kappa shape index (κ2) is 10.2. The third-order valence-electron chi connectivity index (χ3n) is 9.02. The molecule has 3 fully saturated rings. The number of allylic oxidation sites excluding steroid dienone is 2. The molecule has 218 valence electrons. The van der Waals surface area contributed by atoms with Crippen LogP contribution in [0.5, 0.6) is 11.5 Å². The van der Waals surface area contributed by atoms with Gasteiger partial charge >= 0.3 is 0 Å². The third-order valence-corrected chi connectivity index (χ3v) is 10.9. The van der Waals surface area contributed by atoms with Crippen LogP contribution in [0.3, 0.4) is 0 Å². The Labute approximate surface area is 261 Å². The molecule has 6 atom stereocenters. The van der Waals surface area contributed by atoms with Gasteiger partial charge in [0.15, 0.2) is 21.2 Å². The minimum atomic E-state index is -1.93. The van der Waals surface area contributed by atoms with Crippen molar-refractivity contribution in [3.05, 3.63) is 71.8 Å². The van der Waals surface area contributed by atoms with Crippen LogP contribution in [0.25, 0.3) is 6.08 Å². The number of fused-ring (bicyclic) bond motifs is 4. The molecule has 0 bridgehead atoms. The quantitative estimate of drug-likeness (QED) is 0.192. The van der Waals surface area contributed by atoms with Gasteiger partial charge in [0.2, 0.25) is 11.8 Å². The Morgan fingerprint density at radius 1 is 1.07 bits per heavy atom. The number of imide groups is 2. The summed E-state index contributed by atoms with van der Waals surface area (Å²) in [5.74, 6) is -5.01. The summed E-state index contributed by atoms with van der Waals surface area (Å²) >= 11 is 17.7. The Bertz CT molecular complexity index is 1580. The molecule has 1 N–H and O–H groups in total. The maximum atomic E-state index is 14.1. The average molecular weight is 674 g/mol. The smallest absolute Gasteiger partial charge is 0.254 e. The predicted octanol–water partition coefficient (Wildman–Crippen LogP) is 5.35. The minimum Gasteiger partial charge on any atom is -0.504 e. The Hall–Kier alpha value is -3.14. The molecule has 1 saturated carbocycles. The minimum absolute atomic E-state index is 0.100. The zero-order valence-electron chi connectivity index (χ0n) is 22.6. The molecule has 0 aromatic heterocycles. The Balaban J connectivity index is 1.50. The predicted molar refractivity (Wildman–Crippen MR) is 162 cm³/mol. The lowest BCUT2D eigenvalue weighted by molar-refractivity contribution is -0.138. The second-order valence-electron chi connectivity index (χ2n) is 11.0. The number of aromatic hydroxyl groups is 1. The first-order valence-electron chi connectivity index (χ1n) is 13.6. The van der Waals surface area contributed by atoms with Crippen molar-refractivity contribution in [2.45, 2.75) is 35.4 Å². The number of carbonyl (C=O) groups is 4. The molecule has 2 saturated heterocycles. The van der Waals surface area contributed by atoms with Crippen LogP contribution in [0.4, 0.5) is 5.69 Å². The highest BCUT2D eigenvalue weighted by Gasteiger charge is 2.76. The number of phenolic OH excluding ortho intramolecular Hbond substituents is 1. The van der Waals surface area contributed by atoms with Gasteiger partial charge in [0, 0.05) is 5.92 Å². The van der Waals surface area contributed by atoms with E-state index in [4.69, 9.17) is 27.9 Å². The number of anilines is 1. The van der Waals surface area contributed by atoms with Crippen molar-refractivity contribution >= 4 is 74.5 Å². The van der Waals surface area contributed by atoms with E-state index in [-0.39, 0.29) is 48.2 Å². The van der Waals surface area contributed by atoms with E-state index in [0.717, 1.165) is 10.5 Å². The zero-order valence-corrected chi connectivity index (χ0v) is 25.7. The highest BCUT2D eigenvalue weighted by atomic mass is 79.9. The van der Waals surface area contributed by atoms with E-state index in [9.17, 15) is 24.3 Å². The second-order valence-corrected chi connectivity index (χ2v) is 12.7. The monoisotopic (exact) mass is 672 g/mol. The van der Waals surface area contributed by atoms with Crippen molar-refractivity contribution in [1.82, 2.24) is 4.90 Å². The van der Waals surface area contributed by atoms with Crippen molar-refractivity contribution < 1.29 is 29.0 Å². The summed E-state index contributed by atoms with van der Waals surface area (Å²) < 4.78 is 5.62. The highest BCUT2D eigenvalue weighted by Crippen LogP contribution is 2.65. The summed E-state index contributed by atoms with van der Waals surface area (Å²) in [7, 11) is 0. The number of amides is 4. The van der Waals surface area contributed by atoms with Crippen LogP contribution >= 0.6 is 39.1 Å². The van der Waals surface area contributed by atoms with Gasteiger partial charge < -0.3 is 9.84 Å². The number of phenols is 1. The van der Waals surface area contributed by atoms with Gasteiger partial charge in [0.1, 0.15) is 0 Å². The number of halogens is 3. The maximum absolute atomic E-state index is 14.1. The number of ether oxygens (including phenoxy) is 1. The fraction of sp³-hybridized carbons (Fsp3) is 0.355. The lowest BCUT2D eigenvalue weighted by atomic mass is 9.56. The maximum Gasteiger partial charge on any atom is 0.254 e. The van der Waals surface area contributed by atoms with Crippen molar-refractivity contribution in [2.24, 2.45) is 17.8 Å². The van der Waals surface area contributed by atoms with Gasteiger partial charge in [-0.2, -0.15) is 0 Å². The fourth-order valence-corrected chi connectivity index (χ4v) is 8.55. The molecular formula is C31H27BrCl2N2O6. The van der Waals surface area contributed by atoms with Crippen molar-refractivity contribution in [3.8, 4) is 11.5 Å². The molecule has 8 nitrogen and oxygen atoms in total. The average Bonchev–Trinajstić information content (AvgIpc) is 3.32. The molecule has 11 heteroatoms. The first-order chi connectivity index (χ1) is 20.0. The molecular weight excluding hydrogens is 647 g/mol. The molecule has 4 amide bonds. The topological polar surface area (TPSA) is 104 Å². The molecule has 4 aliphatic rings. The molecule has 2 aromatic carbocycles. The number of benzene rings is 2. The lowest BCUT2D eigenvalue weighted by Crippen LogP contribution is -2.60. The number of alkyl halides is 3. The van der Waals surface area contributed by atoms with Gasteiger partial charge in [-0.25, -0.2) is 0 Å².